The van der Waals surface area contributed by atoms with E-state index < -0.39 is 66.9 Å². The lowest BCUT2D eigenvalue weighted by Crippen LogP contribution is -2.56. The molecule has 13 heteroatoms. The molecule has 1 aromatic rings. The van der Waals surface area contributed by atoms with E-state index in [2.05, 4.69) is 16.0 Å². The van der Waals surface area contributed by atoms with E-state index in [1.165, 1.54) is 31.2 Å². The molecular weight excluding hydrogens is 440 g/mol. The number of carbonyl (C=O) groups is 5. The van der Waals surface area contributed by atoms with Crippen LogP contribution in [0.25, 0.3) is 0 Å². The summed E-state index contributed by atoms with van der Waals surface area (Å²) in [4.78, 5) is 59.2. The van der Waals surface area contributed by atoms with E-state index in [1.54, 1.807) is 0 Å². The number of nitrogens with one attached hydrogen (secondary N) is 3. The summed E-state index contributed by atoms with van der Waals surface area (Å²) in [5.41, 5.74) is 5.92. The molecule has 4 atom stereocenters. The lowest BCUT2D eigenvalue weighted by atomic mass is 10.1. The summed E-state index contributed by atoms with van der Waals surface area (Å²) in [6, 6.07) is 0.489. The smallest absolute Gasteiger partial charge is 0.326 e. The maximum Gasteiger partial charge on any atom is 0.326 e. The maximum absolute atomic E-state index is 12.5. The first-order chi connectivity index (χ1) is 15.4. The van der Waals surface area contributed by atoms with Crippen molar-refractivity contribution in [3.63, 3.8) is 0 Å². The molecule has 0 bridgehead atoms. The molecule has 0 saturated heterocycles. The highest BCUT2D eigenvalue weighted by Gasteiger charge is 2.28. The standard InChI is InChI=1S/C20H28N4O9/c1-10(17(29)24-15(20(32)33)8-11-2-4-12(26)5-3-11)22-19(31)14(6-7-16(27)28)23-18(30)13(21)9-25/h2-5,10,13-15,25-26H,6-9,21H2,1H3,(H,22,31)(H,23,30)(H,24,29)(H,27,28)(H,32,33). The minimum Gasteiger partial charge on any atom is -0.508 e. The van der Waals surface area contributed by atoms with Gasteiger partial charge in [-0.1, -0.05) is 12.1 Å². The summed E-state index contributed by atoms with van der Waals surface area (Å²) in [5, 5.41) is 43.3. The summed E-state index contributed by atoms with van der Waals surface area (Å²) in [6.45, 7) is 0.581. The maximum atomic E-state index is 12.5. The number of aliphatic carboxylic acids is 2. The van der Waals surface area contributed by atoms with Gasteiger partial charge < -0.3 is 42.1 Å². The van der Waals surface area contributed by atoms with Crippen LogP contribution in [0.4, 0.5) is 0 Å². The Morgan fingerprint density at radius 1 is 0.909 bits per heavy atom. The molecule has 33 heavy (non-hydrogen) atoms. The third kappa shape index (κ3) is 9.53. The first kappa shape index (κ1) is 27.3. The monoisotopic (exact) mass is 468 g/mol. The van der Waals surface area contributed by atoms with Crippen LogP contribution in [0.5, 0.6) is 5.75 Å². The summed E-state index contributed by atoms with van der Waals surface area (Å²) in [5.74, 6) is -5.15. The Balaban J connectivity index is 2.80. The van der Waals surface area contributed by atoms with Crippen molar-refractivity contribution < 1.29 is 44.4 Å². The molecule has 0 aromatic heterocycles. The summed E-state index contributed by atoms with van der Waals surface area (Å²) in [6.07, 6.45) is -0.864. The van der Waals surface area contributed by atoms with E-state index in [9.17, 15) is 34.2 Å². The van der Waals surface area contributed by atoms with Crippen molar-refractivity contribution in [2.24, 2.45) is 5.73 Å². The molecule has 0 heterocycles. The molecule has 0 spiro atoms. The van der Waals surface area contributed by atoms with Gasteiger partial charge in [-0.15, -0.1) is 0 Å². The number of rotatable bonds is 13. The summed E-state index contributed by atoms with van der Waals surface area (Å²) in [7, 11) is 0. The highest BCUT2D eigenvalue weighted by molar-refractivity contribution is 5.94. The van der Waals surface area contributed by atoms with Crippen molar-refractivity contribution in [1.29, 1.82) is 0 Å². The number of aliphatic hydroxyl groups excluding tert-OH is 1. The Morgan fingerprint density at radius 2 is 1.48 bits per heavy atom. The van der Waals surface area contributed by atoms with Gasteiger partial charge in [0.2, 0.25) is 17.7 Å². The zero-order chi connectivity index (χ0) is 25.1. The molecule has 3 amide bonds. The molecular formula is C20H28N4O9. The number of phenolic OH excluding ortho intramolecular Hbond substituents is 1. The zero-order valence-corrected chi connectivity index (χ0v) is 17.9. The number of hydrogen-bond acceptors (Lipinski definition) is 8. The Kier molecular flexibility index (Phi) is 10.7. The topological polar surface area (TPSA) is 228 Å². The number of benzene rings is 1. The predicted molar refractivity (Wildman–Crippen MR) is 113 cm³/mol. The van der Waals surface area contributed by atoms with Gasteiger partial charge >= 0.3 is 11.9 Å². The molecule has 0 aliphatic carbocycles. The van der Waals surface area contributed by atoms with Crippen LogP contribution in [0, 0.1) is 0 Å². The van der Waals surface area contributed by atoms with E-state index in [0.717, 1.165) is 0 Å². The number of carboxylic acids is 2. The van der Waals surface area contributed by atoms with Crippen molar-refractivity contribution in [1.82, 2.24) is 16.0 Å². The van der Waals surface area contributed by atoms with E-state index in [0.29, 0.717) is 5.56 Å². The number of carboxylic acid groups (broad SMARTS) is 2. The minimum atomic E-state index is -1.35. The Hall–Kier alpha value is -3.71. The number of carbonyl (C=O) groups excluding carboxylic acids is 3. The largest absolute Gasteiger partial charge is 0.508 e. The lowest BCUT2D eigenvalue weighted by molar-refractivity contribution is -0.142. The van der Waals surface area contributed by atoms with Gasteiger partial charge in [0, 0.05) is 12.8 Å². The average molecular weight is 468 g/mol. The first-order valence-electron chi connectivity index (χ1n) is 9.94. The number of hydrogen-bond donors (Lipinski definition) is 8. The Bertz CT molecular complexity index is 860. The summed E-state index contributed by atoms with van der Waals surface area (Å²) >= 11 is 0. The highest BCUT2D eigenvalue weighted by atomic mass is 16.4. The quantitative estimate of drug-likeness (QED) is 0.154. The average Bonchev–Trinajstić information content (AvgIpc) is 2.76. The second-order valence-corrected chi connectivity index (χ2v) is 7.28. The number of aromatic hydroxyl groups is 1. The van der Waals surface area contributed by atoms with Crippen molar-refractivity contribution in [2.45, 2.75) is 50.4 Å². The first-order valence-corrected chi connectivity index (χ1v) is 9.94. The molecule has 0 radical (unpaired) electrons. The van der Waals surface area contributed by atoms with Gasteiger partial charge in [0.15, 0.2) is 0 Å². The Labute approximate surface area is 189 Å². The van der Waals surface area contributed by atoms with Crippen molar-refractivity contribution in [2.75, 3.05) is 6.61 Å². The molecule has 0 aliphatic rings. The van der Waals surface area contributed by atoms with Gasteiger partial charge in [0.25, 0.3) is 0 Å². The van der Waals surface area contributed by atoms with Crippen LogP contribution in [-0.2, 0) is 30.4 Å². The SMILES string of the molecule is CC(NC(=O)C(CCC(=O)O)NC(=O)C(N)CO)C(=O)NC(Cc1ccc(O)cc1)C(=O)O. The van der Waals surface area contributed by atoms with Crippen LogP contribution in [0.1, 0.15) is 25.3 Å². The van der Waals surface area contributed by atoms with Crippen LogP contribution in [0.3, 0.4) is 0 Å². The third-order valence-corrected chi connectivity index (χ3v) is 4.56. The van der Waals surface area contributed by atoms with E-state index in [1.807, 2.05) is 0 Å². The normalized spacial score (nSPS) is 14.3. The predicted octanol–water partition coefficient (Wildman–Crippen LogP) is -2.32. The van der Waals surface area contributed by atoms with Crippen LogP contribution < -0.4 is 21.7 Å². The molecule has 0 aliphatic heterocycles. The molecule has 0 saturated carbocycles. The summed E-state index contributed by atoms with van der Waals surface area (Å²) < 4.78 is 0. The lowest BCUT2D eigenvalue weighted by Gasteiger charge is -2.23. The molecule has 182 valence electrons. The third-order valence-electron chi connectivity index (χ3n) is 4.56. The highest BCUT2D eigenvalue weighted by Crippen LogP contribution is 2.11. The van der Waals surface area contributed by atoms with Crippen LogP contribution >= 0.6 is 0 Å². The van der Waals surface area contributed by atoms with Crippen LogP contribution in [0.2, 0.25) is 0 Å². The second kappa shape index (κ2) is 13.0. The van der Waals surface area contributed by atoms with Crippen molar-refractivity contribution in [3.05, 3.63) is 29.8 Å². The van der Waals surface area contributed by atoms with Gasteiger partial charge in [-0.3, -0.25) is 19.2 Å². The van der Waals surface area contributed by atoms with Gasteiger partial charge in [0.1, 0.15) is 29.9 Å². The fourth-order valence-electron chi connectivity index (χ4n) is 2.64. The van der Waals surface area contributed by atoms with E-state index in [4.69, 9.17) is 15.9 Å². The van der Waals surface area contributed by atoms with Crippen molar-refractivity contribution >= 4 is 29.7 Å². The fourth-order valence-corrected chi connectivity index (χ4v) is 2.64. The molecule has 9 N–H and O–H groups in total. The molecule has 4 unspecified atom stereocenters. The van der Waals surface area contributed by atoms with Gasteiger partial charge in [-0.25, -0.2) is 4.79 Å². The number of nitrogens with two attached hydrogens (primary N) is 1. The number of amides is 3. The molecule has 0 fully saturated rings. The van der Waals surface area contributed by atoms with Gasteiger partial charge in [-0.05, 0) is 31.0 Å². The number of phenols is 1. The van der Waals surface area contributed by atoms with Gasteiger partial charge in [0.05, 0.1) is 6.61 Å². The minimum absolute atomic E-state index is 0.00418. The molecule has 1 rings (SSSR count). The van der Waals surface area contributed by atoms with Crippen LogP contribution in [0.15, 0.2) is 24.3 Å². The van der Waals surface area contributed by atoms with E-state index >= 15 is 0 Å². The molecule has 13 nitrogen and oxygen atoms in total. The zero-order valence-electron chi connectivity index (χ0n) is 17.9. The second-order valence-electron chi connectivity index (χ2n) is 7.28. The van der Waals surface area contributed by atoms with E-state index in [-0.39, 0.29) is 18.6 Å². The Morgan fingerprint density at radius 3 is 2.00 bits per heavy atom. The van der Waals surface area contributed by atoms with Gasteiger partial charge in [-0.2, -0.15) is 0 Å². The fraction of sp³-hybridized carbons (Fsp3) is 0.450. The van der Waals surface area contributed by atoms with Crippen molar-refractivity contribution in [3.8, 4) is 5.75 Å². The number of aliphatic hydroxyl groups is 1. The molecule has 1 aromatic carbocycles. The van der Waals surface area contributed by atoms with Crippen LogP contribution in [-0.4, -0.2) is 80.9 Å².